The number of nitrogens with zero attached hydrogens (tertiary/aromatic N) is 3. The molecule has 0 saturated heterocycles. The maximum atomic E-state index is 6.78. The van der Waals surface area contributed by atoms with Crippen molar-refractivity contribution in [2.75, 3.05) is 0 Å². The van der Waals surface area contributed by atoms with Gasteiger partial charge in [0.05, 0.1) is 38.8 Å². The molecule has 0 radical (unpaired) electrons. The third-order valence-corrected chi connectivity index (χ3v) is 12.0. The molecular formula is C52H37N3O. The lowest BCUT2D eigenvalue weighted by Gasteiger charge is -2.12. The second-order valence-corrected chi connectivity index (χ2v) is 15.1. The standard InChI is InChI=1S/C52H37N3O/c1-2-3-14-33-25-30-49-42(31-33)40-20-13-24-47(52(40)56-49)55-45-23-12-9-19-41(45)50-46(55)29-28-39-37-18-8-11-22-44(37)54(51(39)50)35-26-27-38-36-17-7-10-21-43(36)53(48(38)32-35)34-15-5-4-6-16-34/h4-13,15-32H,2-3,14H2,1H3. The molecule has 0 aliphatic heterocycles. The van der Waals surface area contributed by atoms with E-state index in [4.69, 9.17) is 4.42 Å². The third kappa shape index (κ3) is 4.35. The highest BCUT2D eigenvalue weighted by atomic mass is 16.3. The summed E-state index contributed by atoms with van der Waals surface area (Å²) in [6.45, 7) is 2.25. The first kappa shape index (κ1) is 31.3. The highest BCUT2D eigenvalue weighted by Gasteiger charge is 2.23. The van der Waals surface area contributed by atoms with Gasteiger partial charge in [0.25, 0.3) is 0 Å². The molecule has 4 heterocycles. The van der Waals surface area contributed by atoms with E-state index < -0.39 is 0 Å². The van der Waals surface area contributed by atoms with E-state index >= 15 is 0 Å². The zero-order chi connectivity index (χ0) is 36.9. The van der Waals surface area contributed by atoms with Crippen LogP contribution in [-0.2, 0) is 6.42 Å². The van der Waals surface area contributed by atoms with Gasteiger partial charge in [-0.15, -0.1) is 0 Å². The van der Waals surface area contributed by atoms with E-state index in [1.54, 1.807) is 0 Å². The number of fused-ring (bicyclic) bond motifs is 13. The van der Waals surface area contributed by atoms with E-state index in [-0.39, 0.29) is 0 Å². The van der Waals surface area contributed by atoms with E-state index in [0.29, 0.717) is 0 Å². The molecule has 4 nitrogen and oxygen atoms in total. The Morgan fingerprint density at radius 1 is 0.429 bits per heavy atom. The zero-order valence-electron chi connectivity index (χ0n) is 31.0. The average Bonchev–Trinajstić information content (AvgIpc) is 3.99. The van der Waals surface area contributed by atoms with Crippen LogP contribution in [0.15, 0.2) is 174 Å². The number of para-hydroxylation sites is 5. The number of benzene rings is 8. The molecule has 0 atom stereocenters. The number of aromatic nitrogens is 3. The Bertz CT molecular complexity index is 3520. The van der Waals surface area contributed by atoms with Crippen molar-refractivity contribution in [3.05, 3.63) is 175 Å². The molecule has 0 aliphatic carbocycles. The number of aryl methyl sites for hydroxylation is 1. The van der Waals surface area contributed by atoms with Crippen molar-refractivity contribution in [2.24, 2.45) is 0 Å². The Kier molecular flexibility index (Phi) is 6.70. The average molecular weight is 720 g/mol. The van der Waals surface area contributed by atoms with Crippen LogP contribution in [-0.4, -0.2) is 13.7 Å². The molecule has 0 spiro atoms. The van der Waals surface area contributed by atoms with Crippen LogP contribution in [0.2, 0.25) is 0 Å². The van der Waals surface area contributed by atoms with E-state index in [0.717, 1.165) is 51.1 Å². The maximum Gasteiger partial charge on any atom is 0.159 e. The van der Waals surface area contributed by atoms with Gasteiger partial charge in [-0.1, -0.05) is 116 Å². The van der Waals surface area contributed by atoms with Crippen LogP contribution in [0.1, 0.15) is 25.3 Å². The van der Waals surface area contributed by atoms with E-state index in [9.17, 15) is 0 Å². The van der Waals surface area contributed by atoms with Gasteiger partial charge in [0, 0.05) is 54.5 Å². The lowest BCUT2D eigenvalue weighted by Crippen LogP contribution is -1.97. The predicted molar refractivity (Wildman–Crippen MR) is 235 cm³/mol. The van der Waals surface area contributed by atoms with Crippen LogP contribution in [0.3, 0.4) is 0 Å². The van der Waals surface area contributed by atoms with Crippen molar-refractivity contribution in [1.82, 2.24) is 13.7 Å². The quantitative estimate of drug-likeness (QED) is 0.168. The summed E-state index contributed by atoms with van der Waals surface area (Å²) in [6.07, 6.45) is 3.45. The third-order valence-electron chi connectivity index (χ3n) is 12.0. The molecule has 0 amide bonds. The van der Waals surface area contributed by atoms with Crippen molar-refractivity contribution < 1.29 is 4.42 Å². The Morgan fingerprint density at radius 2 is 1.09 bits per heavy atom. The second kappa shape index (κ2) is 12.0. The predicted octanol–water partition coefficient (Wildman–Crippen LogP) is 14.2. The summed E-state index contributed by atoms with van der Waals surface area (Å²) in [5, 5.41) is 9.75. The van der Waals surface area contributed by atoms with Gasteiger partial charge in [0.1, 0.15) is 5.58 Å². The molecule has 0 fully saturated rings. The summed E-state index contributed by atoms with van der Waals surface area (Å²) in [6, 6.07) is 62.2. The number of unbranched alkanes of at least 4 members (excludes halogenated alkanes) is 1. The lowest BCUT2D eigenvalue weighted by atomic mass is 10.0. The normalized spacial score (nSPS) is 12.2. The van der Waals surface area contributed by atoms with Crippen LogP contribution in [0.4, 0.5) is 0 Å². The Morgan fingerprint density at radius 3 is 1.89 bits per heavy atom. The lowest BCUT2D eigenvalue weighted by molar-refractivity contribution is 0.666. The van der Waals surface area contributed by atoms with E-state index in [1.807, 2.05) is 0 Å². The highest BCUT2D eigenvalue weighted by molar-refractivity contribution is 6.26. The van der Waals surface area contributed by atoms with Crippen molar-refractivity contribution in [1.29, 1.82) is 0 Å². The molecule has 0 aliphatic rings. The van der Waals surface area contributed by atoms with Gasteiger partial charge in [-0.2, -0.15) is 0 Å². The van der Waals surface area contributed by atoms with Gasteiger partial charge in [0.2, 0.25) is 0 Å². The Balaban J connectivity index is 1.18. The molecule has 56 heavy (non-hydrogen) atoms. The van der Waals surface area contributed by atoms with Gasteiger partial charge < -0.3 is 18.1 Å². The summed E-state index contributed by atoms with van der Waals surface area (Å²) >= 11 is 0. The fourth-order valence-electron chi connectivity index (χ4n) is 9.53. The van der Waals surface area contributed by atoms with Crippen molar-refractivity contribution in [2.45, 2.75) is 26.2 Å². The van der Waals surface area contributed by atoms with Crippen LogP contribution in [0.25, 0.3) is 104 Å². The number of rotatable bonds is 6. The number of hydrogen-bond acceptors (Lipinski definition) is 1. The van der Waals surface area contributed by atoms with Crippen LogP contribution in [0, 0.1) is 0 Å². The maximum absolute atomic E-state index is 6.78. The minimum atomic E-state index is 0.914. The minimum absolute atomic E-state index is 0.914. The zero-order valence-corrected chi connectivity index (χ0v) is 31.0. The first-order valence-electron chi connectivity index (χ1n) is 19.8. The fourth-order valence-corrected chi connectivity index (χ4v) is 9.53. The monoisotopic (exact) mass is 719 g/mol. The summed E-state index contributed by atoms with van der Waals surface area (Å²) in [5.41, 5.74) is 13.6. The van der Waals surface area contributed by atoms with Gasteiger partial charge in [-0.05, 0) is 85.1 Å². The molecular weight excluding hydrogens is 683 g/mol. The van der Waals surface area contributed by atoms with E-state index in [1.165, 1.54) is 78.2 Å². The van der Waals surface area contributed by atoms with Gasteiger partial charge in [-0.25, -0.2) is 0 Å². The van der Waals surface area contributed by atoms with Crippen molar-refractivity contribution in [3.8, 4) is 17.1 Å². The molecule has 12 rings (SSSR count). The smallest absolute Gasteiger partial charge is 0.159 e. The summed E-state index contributed by atoms with van der Waals surface area (Å²) in [5.74, 6) is 0. The molecule has 266 valence electrons. The van der Waals surface area contributed by atoms with Crippen LogP contribution in [0.5, 0.6) is 0 Å². The van der Waals surface area contributed by atoms with E-state index in [2.05, 4.69) is 190 Å². The first-order valence-corrected chi connectivity index (χ1v) is 19.8. The second-order valence-electron chi connectivity index (χ2n) is 15.1. The summed E-state index contributed by atoms with van der Waals surface area (Å²) in [7, 11) is 0. The molecule has 0 N–H and O–H groups in total. The first-order chi connectivity index (χ1) is 27.8. The Hall–Kier alpha value is -7.04. The van der Waals surface area contributed by atoms with Gasteiger partial charge >= 0.3 is 0 Å². The fraction of sp³-hybridized carbons (Fsp3) is 0.0769. The molecule has 8 aromatic carbocycles. The number of hydrogen-bond donors (Lipinski definition) is 0. The minimum Gasteiger partial charge on any atom is -0.454 e. The summed E-state index contributed by atoms with van der Waals surface area (Å²) < 4.78 is 14.1. The molecule has 12 aromatic rings. The SMILES string of the molecule is CCCCc1ccc2oc3c(-n4c5ccccc5c5c4ccc4c6ccccc6n(-c6ccc7c8ccccc8n(-c8ccccc8)c7c6)c45)cccc3c2c1. The molecule has 0 bridgehead atoms. The largest absolute Gasteiger partial charge is 0.454 e. The van der Waals surface area contributed by atoms with Crippen molar-refractivity contribution >= 4 is 87.4 Å². The van der Waals surface area contributed by atoms with Crippen molar-refractivity contribution in [3.63, 3.8) is 0 Å². The van der Waals surface area contributed by atoms with Gasteiger partial charge in [0.15, 0.2) is 5.58 Å². The molecule has 0 unspecified atom stereocenters. The molecule has 0 saturated carbocycles. The van der Waals surface area contributed by atoms with Crippen LogP contribution >= 0.6 is 0 Å². The van der Waals surface area contributed by atoms with Crippen LogP contribution < -0.4 is 0 Å². The van der Waals surface area contributed by atoms with Gasteiger partial charge in [-0.3, -0.25) is 0 Å². The molecule has 4 heteroatoms. The Labute approximate surface area is 323 Å². The number of furan rings is 1. The molecule has 4 aromatic heterocycles. The highest BCUT2D eigenvalue weighted by Crippen LogP contribution is 2.44. The summed E-state index contributed by atoms with van der Waals surface area (Å²) in [4.78, 5) is 0. The topological polar surface area (TPSA) is 27.9 Å².